The largest absolute Gasteiger partial charge is 0.332 e. The number of fused-ring (bicyclic) bond motifs is 1. The Kier molecular flexibility index (Phi) is 3.29. The fourth-order valence-corrected chi connectivity index (χ4v) is 2.70. The van der Waals surface area contributed by atoms with Gasteiger partial charge in [-0.3, -0.25) is 18.9 Å². The molecule has 1 aromatic heterocycles. The number of aliphatic imine (C=N–C) groups is 1. The van der Waals surface area contributed by atoms with Crippen LogP contribution in [-0.2, 0) is 14.1 Å². The maximum Gasteiger partial charge on any atom is 0.332 e. The maximum atomic E-state index is 12.5. The van der Waals surface area contributed by atoms with Gasteiger partial charge in [-0.25, -0.2) is 4.79 Å². The molecule has 6 nitrogen and oxygen atoms in total. The van der Waals surface area contributed by atoms with Gasteiger partial charge in [0.25, 0.3) is 5.56 Å². The van der Waals surface area contributed by atoms with Crippen LogP contribution in [0.25, 0.3) is 0 Å². The lowest BCUT2D eigenvalue weighted by Crippen LogP contribution is -2.42. The molecule has 0 aliphatic carbocycles. The molecule has 1 aromatic carbocycles. The third-order valence-electron chi connectivity index (χ3n) is 3.58. The maximum absolute atomic E-state index is 12.5. The number of rotatable bonds is 1. The van der Waals surface area contributed by atoms with E-state index in [4.69, 9.17) is 0 Å². The van der Waals surface area contributed by atoms with Gasteiger partial charge in [-0.1, -0.05) is 28.1 Å². The van der Waals surface area contributed by atoms with E-state index in [0.717, 1.165) is 14.6 Å². The number of aromatic nitrogens is 2. The summed E-state index contributed by atoms with van der Waals surface area (Å²) in [5, 5.41) is 2.90. The Morgan fingerprint density at radius 3 is 2.48 bits per heavy atom. The van der Waals surface area contributed by atoms with Gasteiger partial charge in [-0.2, -0.15) is 0 Å². The average Bonchev–Trinajstić information content (AvgIpc) is 2.51. The van der Waals surface area contributed by atoms with Crippen LogP contribution < -0.4 is 16.6 Å². The van der Waals surface area contributed by atoms with Crippen molar-refractivity contribution in [3.05, 3.63) is 60.7 Å². The quantitative estimate of drug-likeness (QED) is 0.846. The highest BCUT2D eigenvalue weighted by molar-refractivity contribution is 9.10. The highest BCUT2D eigenvalue weighted by Crippen LogP contribution is 2.30. The van der Waals surface area contributed by atoms with Gasteiger partial charge in [-0.15, -0.1) is 0 Å². The molecule has 1 atom stereocenters. The Labute approximate surface area is 128 Å². The van der Waals surface area contributed by atoms with Crippen LogP contribution in [0, 0.1) is 0 Å². The summed E-state index contributed by atoms with van der Waals surface area (Å²) in [7, 11) is 3.10. The SMILES string of the molecule is Cn1c2c(c(=O)n(C)c1=O)C(c1ccc(Br)cc1)N=CN2. The van der Waals surface area contributed by atoms with E-state index in [-0.39, 0.29) is 11.2 Å². The molecule has 21 heavy (non-hydrogen) atoms. The number of benzene rings is 1. The third-order valence-corrected chi connectivity index (χ3v) is 4.11. The summed E-state index contributed by atoms with van der Waals surface area (Å²) in [5.74, 6) is 0.492. The molecule has 1 aliphatic rings. The third kappa shape index (κ3) is 2.13. The Balaban J connectivity index is 2.28. The molecule has 3 rings (SSSR count). The van der Waals surface area contributed by atoms with Crippen molar-refractivity contribution in [1.29, 1.82) is 0 Å². The van der Waals surface area contributed by atoms with Crippen molar-refractivity contribution in [3.63, 3.8) is 0 Å². The van der Waals surface area contributed by atoms with Crippen molar-refractivity contribution in [2.45, 2.75) is 6.04 Å². The molecule has 0 radical (unpaired) electrons. The second kappa shape index (κ2) is 5.00. The van der Waals surface area contributed by atoms with E-state index in [1.807, 2.05) is 24.3 Å². The molecule has 108 valence electrons. The number of nitrogens with one attached hydrogen (secondary N) is 1. The topological polar surface area (TPSA) is 68.4 Å². The van der Waals surface area contributed by atoms with E-state index in [1.165, 1.54) is 18.0 Å². The summed E-state index contributed by atoms with van der Waals surface area (Å²) in [6.45, 7) is 0. The molecular weight excluding hydrogens is 336 g/mol. The van der Waals surface area contributed by atoms with Crippen LogP contribution in [0.5, 0.6) is 0 Å². The first-order valence-corrected chi connectivity index (χ1v) is 7.13. The van der Waals surface area contributed by atoms with Gasteiger partial charge in [0.05, 0.1) is 11.9 Å². The first kappa shape index (κ1) is 13.8. The Bertz CT molecular complexity index is 849. The van der Waals surface area contributed by atoms with E-state index in [2.05, 4.69) is 26.2 Å². The Hall–Kier alpha value is -2.15. The van der Waals surface area contributed by atoms with Crippen LogP contribution in [0.1, 0.15) is 17.2 Å². The zero-order valence-electron chi connectivity index (χ0n) is 11.5. The minimum atomic E-state index is -0.417. The smallest absolute Gasteiger partial charge is 0.332 e. The molecule has 2 aromatic rings. The number of nitrogens with zero attached hydrogens (tertiary/aromatic N) is 3. The molecule has 0 saturated carbocycles. The molecule has 1 aliphatic heterocycles. The monoisotopic (exact) mass is 348 g/mol. The van der Waals surface area contributed by atoms with Crippen molar-refractivity contribution in [2.24, 2.45) is 19.1 Å². The van der Waals surface area contributed by atoms with E-state index in [1.54, 1.807) is 7.05 Å². The first-order chi connectivity index (χ1) is 10.0. The van der Waals surface area contributed by atoms with Crippen molar-refractivity contribution in [2.75, 3.05) is 5.32 Å². The van der Waals surface area contributed by atoms with Gasteiger partial charge in [0.2, 0.25) is 0 Å². The highest BCUT2D eigenvalue weighted by atomic mass is 79.9. The fraction of sp³-hybridized carbons (Fsp3) is 0.214. The van der Waals surface area contributed by atoms with Gasteiger partial charge in [0, 0.05) is 18.6 Å². The zero-order chi connectivity index (χ0) is 15.1. The number of hydrogen-bond acceptors (Lipinski definition) is 4. The average molecular weight is 349 g/mol. The normalized spacial score (nSPS) is 16.4. The van der Waals surface area contributed by atoms with E-state index >= 15 is 0 Å². The zero-order valence-corrected chi connectivity index (χ0v) is 13.1. The van der Waals surface area contributed by atoms with Gasteiger partial charge in [0.15, 0.2) is 0 Å². The van der Waals surface area contributed by atoms with Crippen LogP contribution >= 0.6 is 15.9 Å². The van der Waals surface area contributed by atoms with Crippen LogP contribution in [0.2, 0.25) is 0 Å². The lowest BCUT2D eigenvalue weighted by atomic mass is 10.00. The van der Waals surface area contributed by atoms with Gasteiger partial charge < -0.3 is 5.32 Å². The second-order valence-electron chi connectivity index (χ2n) is 4.84. The number of halogens is 1. The van der Waals surface area contributed by atoms with Crippen LogP contribution in [0.15, 0.2) is 43.3 Å². The molecule has 0 amide bonds. The van der Waals surface area contributed by atoms with Crippen LogP contribution in [0.3, 0.4) is 0 Å². The van der Waals surface area contributed by atoms with E-state index in [9.17, 15) is 9.59 Å². The van der Waals surface area contributed by atoms with Crippen molar-refractivity contribution in [3.8, 4) is 0 Å². The van der Waals surface area contributed by atoms with Gasteiger partial charge in [-0.05, 0) is 17.7 Å². The van der Waals surface area contributed by atoms with Gasteiger partial charge >= 0.3 is 5.69 Å². The molecule has 7 heteroatoms. The van der Waals surface area contributed by atoms with Crippen molar-refractivity contribution >= 4 is 28.1 Å². The van der Waals surface area contributed by atoms with Crippen LogP contribution in [0.4, 0.5) is 5.82 Å². The lowest BCUT2D eigenvalue weighted by Gasteiger charge is -2.23. The summed E-state index contributed by atoms with van der Waals surface area (Å²) < 4.78 is 3.49. The van der Waals surface area contributed by atoms with E-state index in [0.29, 0.717) is 11.4 Å². The Morgan fingerprint density at radius 2 is 1.81 bits per heavy atom. The molecule has 0 fully saturated rings. The summed E-state index contributed by atoms with van der Waals surface area (Å²) in [6, 6.07) is 7.20. The minimum absolute atomic E-state index is 0.328. The summed E-state index contributed by atoms with van der Waals surface area (Å²) in [6.07, 6.45) is 1.52. The molecule has 1 unspecified atom stereocenters. The van der Waals surface area contributed by atoms with Crippen LogP contribution in [-0.4, -0.2) is 15.5 Å². The molecular formula is C14H13BrN4O2. The second-order valence-corrected chi connectivity index (χ2v) is 5.76. The fourth-order valence-electron chi connectivity index (χ4n) is 2.44. The lowest BCUT2D eigenvalue weighted by molar-refractivity contribution is 0.660. The van der Waals surface area contributed by atoms with Gasteiger partial charge in [0.1, 0.15) is 11.9 Å². The molecule has 0 spiro atoms. The summed E-state index contributed by atoms with van der Waals surface area (Å²) in [4.78, 5) is 28.8. The summed E-state index contributed by atoms with van der Waals surface area (Å²) in [5.41, 5.74) is 0.679. The molecule has 2 heterocycles. The Morgan fingerprint density at radius 1 is 1.14 bits per heavy atom. The van der Waals surface area contributed by atoms with Crippen molar-refractivity contribution in [1.82, 2.24) is 9.13 Å². The summed E-state index contributed by atoms with van der Waals surface area (Å²) >= 11 is 3.39. The van der Waals surface area contributed by atoms with E-state index < -0.39 is 6.04 Å². The predicted octanol–water partition coefficient (Wildman–Crippen LogP) is 1.39. The standard InChI is InChI=1S/C14H13BrN4O2/c1-18-12-10(13(20)19(2)14(18)21)11(16-7-17-12)8-3-5-9(15)6-4-8/h3-7,11H,1-2H3,(H,16,17). The number of hydrogen-bond donors (Lipinski definition) is 1. The molecule has 1 N–H and O–H groups in total. The number of anilines is 1. The minimum Gasteiger partial charge on any atom is -0.332 e. The predicted molar refractivity (Wildman–Crippen MR) is 85.0 cm³/mol. The van der Waals surface area contributed by atoms with Crippen molar-refractivity contribution < 1.29 is 0 Å². The molecule has 0 saturated heterocycles. The first-order valence-electron chi connectivity index (χ1n) is 6.34. The molecule has 0 bridgehead atoms. The highest BCUT2D eigenvalue weighted by Gasteiger charge is 2.26.